The first-order valence-corrected chi connectivity index (χ1v) is 5.05. The molecule has 0 unspecified atom stereocenters. The van der Waals surface area contributed by atoms with Crippen LogP contribution in [-0.2, 0) is 10.9 Å². The minimum Gasteiger partial charge on any atom is -0.464 e. The molecule has 2 aliphatic heterocycles. The SMILES string of the molecule is FC(F)(F)c1ccc2c(c1)O[C@H]1OCC[C@@H]21. The Bertz CT molecular complexity index is 428. The molecule has 0 spiro atoms. The predicted octanol–water partition coefficient (Wildman–Crippen LogP) is 2.93. The van der Waals surface area contributed by atoms with E-state index in [1.165, 1.54) is 6.07 Å². The zero-order valence-corrected chi connectivity index (χ0v) is 8.25. The van der Waals surface area contributed by atoms with Crippen LogP contribution in [-0.4, -0.2) is 12.9 Å². The third-order valence-corrected chi connectivity index (χ3v) is 3.02. The molecule has 2 nitrogen and oxygen atoms in total. The lowest BCUT2D eigenvalue weighted by atomic mass is 9.97. The van der Waals surface area contributed by atoms with E-state index in [-0.39, 0.29) is 5.92 Å². The highest BCUT2D eigenvalue weighted by Gasteiger charge is 2.41. The standard InChI is InChI=1S/C11H9F3O2/c12-11(13,14)6-1-2-7-8-3-4-15-10(8)16-9(7)5-6/h1-2,5,8,10H,3-4H2/t8-,10+/m0/s1. The molecule has 2 heterocycles. The Morgan fingerprint density at radius 1 is 1.25 bits per heavy atom. The molecule has 86 valence electrons. The van der Waals surface area contributed by atoms with Crippen LogP contribution in [0, 0.1) is 0 Å². The van der Waals surface area contributed by atoms with Gasteiger partial charge in [0.15, 0.2) is 0 Å². The highest BCUT2D eigenvalue weighted by Crippen LogP contribution is 2.45. The van der Waals surface area contributed by atoms with E-state index in [2.05, 4.69) is 0 Å². The van der Waals surface area contributed by atoms with E-state index in [1.54, 1.807) is 0 Å². The summed E-state index contributed by atoms with van der Waals surface area (Å²) in [6, 6.07) is 3.65. The summed E-state index contributed by atoms with van der Waals surface area (Å²) in [7, 11) is 0. The lowest BCUT2D eigenvalue weighted by Crippen LogP contribution is -2.13. The molecule has 0 radical (unpaired) electrons. The van der Waals surface area contributed by atoms with Crippen LogP contribution in [0.25, 0.3) is 0 Å². The van der Waals surface area contributed by atoms with Crippen LogP contribution in [0.15, 0.2) is 18.2 Å². The second kappa shape index (κ2) is 3.13. The van der Waals surface area contributed by atoms with Crippen LogP contribution >= 0.6 is 0 Å². The Morgan fingerprint density at radius 2 is 2.06 bits per heavy atom. The van der Waals surface area contributed by atoms with Crippen molar-refractivity contribution in [3.63, 3.8) is 0 Å². The van der Waals surface area contributed by atoms with Crippen LogP contribution in [0.3, 0.4) is 0 Å². The van der Waals surface area contributed by atoms with Gasteiger partial charge in [0.1, 0.15) is 5.75 Å². The second-order valence-corrected chi connectivity index (χ2v) is 4.00. The molecule has 0 aliphatic carbocycles. The molecule has 0 bridgehead atoms. The van der Waals surface area contributed by atoms with E-state index < -0.39 is 18.0 Å². The van der Waals surface area contributed by atoms with Gasteiger partial charge in [0.05, 0.1) is 18.1 Å². The Labute approximate surface area is 90.0 Å². The molecule has 0 amide bonds. The summed E-state index contributed by atoms with van der Waals surface area (Å²) in [5.41, 5.74) is 0.154. The van der Waals surface area contributed by atoms with Crippen molar-refractivity contribution in [1.29, 1.82) is 0 Å². The first kappa shape index (κ1) is 9.96. The summed E-state index contributed by atoms with van der Waals surface area (Å²) >= 11 is 0. The minimum atomic E-state index is -4.32. The van der Waals surface area contributed by atoms with E-state index in [9.17, 15) is 13.2 Å². The number of rotatable bonds is 0. The van der Waals surface area contributed by atoms with Gasteiger partial charge in [-0.05, 0) is 18.6 Å². The third-order valence-electron chi connectivity index (χ3n) is 3.02. The fraction of sp³-hybridized carbons (Fsp3) is 0.455. The van der Waals surface area contributed by atoms with Crippen molar-refractivity contribution in [2.75, 3.05) is 6.61 Å². The average molecular weight is 230 g/mol. The molecular formula is C11H9F3O2. The van der Waals surface area contributed by atoms with Gasteiger partial charge >= 0.3 is 6.18 Å². The largest absolute Gasteiger partial charge is 0.464 e. The fourth-order valence-electron chi connectivity index (χ4n) is 2.23. The Kier molecular flexibility index (Phi) is 1.95. The minimum absolute atomic E-state index is 0.0947. The number of benzene rings is 1. The monoisotopic (exact) mass is 230 g/mol. The molecule has 3 rings (SSSR count). The summed E-state index contributed by atoms with van der Waals surface area (Å²) in [5, 5.41) is 0. The van der Waals surface area contributed by atoms with Crippen LogP contribution in [0.5, 0.6) is 5.75 Å². The predicted molar refractivity (Wildman–Crippen MR) is 49.2 cm³/mol. The van der Waals surface area contributed by atoms with E-state index in [1.807, 2.05) is 0 Å². The Morgan fingerprint density at radius 3 is 2.81 bits per heavy atom. The number of hydrogen-bond donors (Lipinski definition) is 0. The van der Waals surface area contributed by atoms with E-state index in [0.29, 0.717) is 12.4 Å². The van der Waals surface area contributed by atoms with Crippen molar-refractivity contribution in [1.82, 2.24) is 0 Å². The zero-order valence-electron chi connectivity index (χ0n) is 8.25. The second-order valence-electron chi connectivity index (χ2n) is 4.00. The number of hydrogen-bond acceptors (Lipinski definition) is 2. The molecule has 2 aliphatic rings. The normalized spacial score (nSPS) is 27.4. The van der Waals surface area contributed by atoms with Gasteiger partial charge in [0, 0.05) is 5.56 Å². The maximum Gasteiger partial charge on any atom is 0.416 e. The third kappa shape index (κ3) is 1.38. The quantitative estimate of drug-likeness (QED) is 0.682. The van der Waals surface area contributed by atoms with Crippen molar-refractivity contribution >= 4 is 0 Å². The molecule has 0 N–H and O–H groups in total. The van der Waals surface area contributed by atoms with Gasteiger partial charge in [-0.25, -0.2) is 0 Å². The number of halogens is 3. The zero-order chi connectivity index (χ0) is 11.3. The lowest BCUT2D eigenvalue weighted by Gasteiger charge is -2.09. The molecular weight excluding hydrogens is 221 g/mol. The maximum absolute atomic E-state index is 12.5. The Hall–Kier alpha value is -1.23. The van der Waals surface area contributed by atoms with Crippen LogP contribution in [0.2, 0.25) is 0 Å². The van der Waals surface area contributed by atoms with E-state index in [0.717, 1.165) is 24.1 Å². The van der Waals surface area contributed by atoms with Gasteiger partial charge in [-0.3, -0.25) is 0 Å². The number of fused-ring (bicyclic) bond motifs is 3. The molecule has 5 heteroatoms. The summed E-state index contributed by atoms with van der Waals surface area (Å²) in [5.74, 6) is 0.404. The molecule has 2 atom stereocenters. The maximum atomic E-state index is 12.5. The van der Waals surface area contributed by atoms with Crippen molar-refractivity contribution in [2.24, 2.45) is 0 Å². The van der Waals surface area contributed by atoms with Crippen molar-refractivity contribution in [3.8, 4) is 5.75 Å². The van der Waals surface area contributed by atoms with Gasteiger partial charge in [-0.15, -0.1) is 0 Å². The molecule has 0 saturated carbocycles. The summed E-state index contributed by atoms with van der Waals surface area (Å²) < 4.78 is 48.0. The molecule has 1 aromatic carbocycles. The van der Waals surface area contributed by atoms with Crippen molar-refractivity contribution in [2.45, 2.75) is 24.8 Å². The van der Waals surface area contributed by atoms with Crippen LogP contribution < -0.4 is 4.74 Å². The molecule has 0 aromatic heterocycles. The Balaban J connectivity index is 2.00. The molecule has 1 fully saturated rings. The smallest absolute Gasteiger partial charge is 0.416 e. The van der Waals surface area contributed by atoms with Crippen LogP contribution in [0.1, 0.15) is 23.5 Å². The van der Waals surface area contributed by atoms with Gasteiger partial charge in [-0.2, -0.15) is 13.2 Å². The summed E-state index contributed by atoms with van der Waals surface area (Å²) in [6.07, 6.45) is -3.90. The average Bonchev–Trinajstić information content (AvgIpc) is 2.74. The number of ether oxygens (including phenoxy) is 2. The fourth-order valence-corrected chi connectivity index (χ4v) is 2.23. The number of alkyl halides is 3. The van der Waals surface area contributed by atoms with Gasteiger partial charge in [0.2, 0.25) is 6.29 Å². The van der Waals surface area contributed by atoms with E-state index in [4.69, 9.17) is 9.47 Å². The van der Waals surface area contributed by atoms with Crippen LogP contribution in [0.4, 0.5) is 13.2 Å². The highest BCUT2D eigenvalue weighted by molar-refractivity contribution is 5.44. The van der Waals surface area contributed by atoms with Crippen molar-refractivity contribution < 1.29 is 22.6 Å². The first-order chi connectivity index (χ1) is 7.55. The highest BCUT2D eigenvalue weighted by atomic mass is 19.4. The van der Waals surface area contributed by atoms with Crippen molar-refractivity contribution in [3.05, 3.63) is 29.3 Å². The summed E-state index contributed by atoms with van der Waals surface area (Å²) in [6.45, 7) is 0.607. The van der Waals surface area contributed by atoms with Gasteiger partial charge < -0.3 is 9.47 Å². The topological polar surface area (TPSA) is 18.5 Å². The first-order valence-electron chi connectivity index (χ1n) is 5.05. The summed E-state index contributed by atoms with van der Waals surface area (Å²) in [4.78, 5) is 0. The van der Waals surface area contributed by atoms with Gasteiger partial charge in [-0.1, -0.05) is 6.07 Å². The van der Waals surface area contributed by atoms with Gasteiger partial charge in [0.25, 0.3) is 0 Å². The molecule has 1 aromatic rings. The molecule has 16 heavy (non-hydrogen) atoms. The van der Waals surface area contributed by atoms with E-state index >= 15 is 0 Å². The lowest BCUT2D eigenvalue weighted by molar-refractivity contribution is -0.137. The molecule has 1 saturated heterocycles.